The smallest absolute Gasteiger partial charge is 0.416 e. The van der Waals surface area contributed by atoms with Crippen molar-refractivity contribution in [2.75, 3.05) is 13.7 Å². The topological polar surface area (TPSA) is 94.7 Å². The number of nitrogens with zero attached hydrogens (tertiary/aromatic N) is 2. The molecule has 0 fully saturated rings. The first-order valence-corrected chi connectivity index (χ1v) is 9.64. The molecule has 0 saturated carbocycles. The molecular formula is C22H21F3N2O5. The minimum absolute atomic E-state index is 0.184. The van der Waals surface area contributed by atoms with Crippen LogP contribution in [0.5, 0.6) is 5.88 Å². The molecule has 7 nitrogen and oxygen atoms in total. The van der Waals surface area contributed by atoms with Crippen LogP contribution < -0.4 is 4.74 Å². The third-order valence-electron chi connectivity index (χ3n) is 4.72. The Bertz CT molecular complexity index is 1050. The molecule has 0 bridgehead atoms. The second-order valence-corrected chi connectivity index (χ2v) is 6.97. The number of ether oxygens (including phenoxy) is 2. The SMILES string of the molecule is COC(Cc1ccc(OCCc2nc(-c3ccc(C(F)(F)F)cc3)oc2C)nc1)C(=O)O. The van der Waals surface area contributed by atoms with Gasteiger partial charge in [0, 0.05) is 37.8 Å². The number of benzene rings is 1. The van der Waals surface area contributed by atoms with E-state index in [1.165, 1.54) is 25.4 Å². The summed E-state index contributed by atoms with van der Waals surface area (Å²) in [5.41, 5.74) is 1.03. The summed E-state index contributed by atoms with van der Waals surface area (Å²) in [6.45, 7) is 1.97. The number of carboxylic acid groups (broad SMARTS) is 1. The van der Waals surface area contributed by atoms with Gasteiger partial charge in [-0.15, -0.1) is 0 Å². The van der Waals surface area contributed by atoms with Gasteiger partial charge in [-0.1, -0.05) is 6.07 Å². The first-order chi connectivity index (χ1) is 15.2. The van der Waals surface area contributed by atoms with Gasteiger partial charge in [-0.05, 0) is 36.8 Å². The Labute approximate surface area is 181 Å². The zero-order valence-corrected chi connectivity index (χ0v) is 17.3. The normalized spacial score (nSPS) is 12.5. The molecule has 3 rings (SSSR count). The maximum atomic E-state index is 12.7. The molecule has 1 atom stereocenters. The molecule has 0 radical (unpaired) electrons. The van der Waals surface area contributed by atoms with Crippen LogP contribution in [0.4, 0.5) is 13.2 Å². The molecule has 1 N–H and O–H groups in total. The van der Waals surface area contributed by atoms with Gasteiger partial charge in [0.25, 0.3) is 0 Å². The highest BCUT2D eigenvalue weighted by molar-refractivity contribution is 5.72. The summed E-state index contributed by atoms with van der Waals surface area (Å²) < 4.78 is 54.2. The van der Waals surface area contributed by atoms with Crippen LogP contribution >= 0.6 is 0 Å². The summed E-state index contributed by atoms with van der Waals surface area (Å²) in [4.78, 5) is 19.5. The summed E-state index contributed by atoms with van der Waals surface area (Å²) in [6.07, 6.45) is -3.23. The Balaban J connectivity index is 1.56. The molecule has 0 aliphatic heterocycles. The Morgan fingerprint density at radius 2 is 1.91 bits per heavy atom. The number of pyridine rings is 1. The van der Waals surface area contributed by atoms with Crippen molar-refractivity contribution in [2.45, 2.75) is 32.0 Å². The van der Waals surface area contributed by atoms with Crippen LogP contribution in [-0.4, -0.2) is 40.9 Å². The third kappa shape index (κ3) is 5.85. The van der Waals surface area contributed by atoms with Crippen LogP contribution in [0, 0.1) is 6.92 Å². The number of rotatable bonds is 9. The van der Waals surface area contributed by atoms with Gasteiger partial charge >= 0.3 is 12.1 Å². The van der Waals surface area contributed by atoms with Crippen molar-refractivity contribution >= 4 is 5.97 Å². The van der Waals surface area contributed by atoms with Gasteiger partial charge in [0.05, 0.1) is 17.9 Å². The van der Waals surface area contributed by atoms with Crippen molar-refractivity contribution in [3.63, 3.8) is 0 Å². The molecule has 170 valence electrons. The van der Waals surface area contributed by atoms with E-state index < -0.39 is 23.8 Å². The number of hydrogen-bond donors (Lipinski definition) is 1. The molecule has 0 aliphatic rings. The minimum atomic E-state index is -4.40. The average Bonchev–Trinajstić information content (AvgIpc) is 3.13. The van der Waals surface area contributed by atoms with Gasteiger partial charge in [-0.3, -0.25) is 0 Å². The van der Waals surface area contributed by atoms with E-state index >= 15 is 0 Å². The van der Waals surface area contributed by atoms with E-state index in [9.17, 15) is 18.0 Å². The zero-order valence-electron chi connectivity index (χ0n) is 17.3. The highest BCUT2D eigenvalue weighted by atomic mass is 19.4. The van der Waals surface area contributed by atoms with Gasteiger partial charge in [-0.25, -0.2) is 14.8 Å². The van der Waals surface area contributed by atoms with Gasteiger partial charge in [0.2, 0.25) is 11.8 Å². The van der Waals surface area contributed by atoms with E-state index in [1.54, 1.807) is 19.1 Å². The van der Waals surface area contributed by atoms with E-state index in [2.05, 4.69) is 9.97 Å². The number of carboxylic acids is 1. The second kappa shape index (κ2) is 9.82. The summed E-state index contributed by atoms with van der Waals surface area (Å²) >= 11 is 0. The van der Waals surface area contributed by atoms with Crippen LogP contribution in [0.3, 0.4) is 0 Å². The molecule has 10 heteroatoms. The predicted octanol–water partition coefficient (Wildman–Crippen LogP) is 4.33. The van der Waals surface area contributed by atoms with Crippen molar-refractivity contribution in [3.05, 3.63) is 65.2 Å². The molecule has 2 heterocycles. The second-order valence-electron chi connectivity index (χ2n) is 6.97. The van der Waals surface area contributed by atoms with Crippen molar-refractivity contribution in [1.82, 2.24) is 9.97 Å². The fourth-order valence-electron chi connectivity index (χ4n) is 2.94. The number of oxazole rings is 1. The van der Waals surface area contributed by atoms with Gasteiger partial charge in [0.1, 0.15) is 5.76 Å². The number of alkyl halides is 3. The molecule has 0 spiro atoms. The van der Waals surface area contributed by atoms with Crippen molar-refractivity contribution < 1.29 is 37.0 Å². The zero-order chi connectivity index (χ0) is 23.3. The Morgan fingerprint density at radius 3 is 2.47 bits per heavy atom. The predicted molar refractivity (Wildman–Crippen MR) is 107 cm³/mol. The van der Waals surface area contributed by atoms with E-state index in [4.69, 9.17) is 19.0 Å². The molecule has 0 aliphatic carbocycles. The molecule has 2 aromatic heterocycles. The third-order valence-corrected chi connectivity index (χ3v) is 4.72. The number of halogens is 3. The lowest BCUT2D eigenvalue weighted by Gasteiger charge is -2.10. The minimum Gasteiger partial charge on any atom is -0.479 e. The average molecular weight is 450 g/mol. The van der Waals surface area contributed by atoms with E-state index in [1.807, 2.05) is 0 Å². The number of carbonyl (C=O) groups is 1. The van der Waals surface area contributed by atoms with E-state index in [-0.39, 0.29) is 18.9 Å². The van der Waals surface area contributed by atoms with Gasteiger partial charge in [0.15, 0.2) is 6.10 Å². The number of aliphatic carboxylic acids is 1. The van der Waals surface area contributed by atoms with Crippen molar-refractivity contribution in [1.29, 1.82) is 0 Å². The lowest BCUT2D eigenvalue weighted by atomic mass is 10.1. The lowest BCUT2D eigenvalue weighted by molar-refractivity contribution is -0.148. The summed E-state index contributed by atoms with van der Waals surface area (Å²) in [5, 5.41) is 9.03. The molecule has 0 saturated heterocycles. The molecule has 0 amide bonds. The first kappa shape index (κ1) is 23.3. The largest absolute Gasteiger partial charge is 0.479 e. The Kier molecular flexibility index (Phi) is 7.14. The maximum absolute atomic E-state index is 12.7. The molecule has 1 unspecified atom stereocenters. The number of methoxy groups -OCH3 is 1. The van der Waals surface area contributed by atoms with Crippen molar-refractivity contribution in [2.24, 2.45) is 0 Å². The summed E-state index contributed by atoms with van der Waals surface area (Å²) in [6, 6.07) is 7.95. The number of hydrogen-bond acceptors (Lipinski definition) is 6. The van der Waals surface area contributed by atoms with Crippen LogP contribution in [0.15, 0.2) is 47.0 Å². The van der Waals surface area contributed by atoms with Crippen LogP contribution in [0.25, 0.3) is 11.5 Å². The summed E-state index contributed by atoms with van der Waals surface area (Å²) in [5.74, 6) is 0.0968. The lowest BCUT2D eigenvalue weighted by Crippen LogP contribution is -2.24. The number of aryl methyl sites for hydroxylation is 1. The van der Waals surface area contributed by atoms with Crippen LogP contribution in [-0.2, 0) is 28.5 Å². The summed E-state index contributed by atoms with van der Waals surface area (Å²) in [7, 11) is 1.33. The quantitative estimate of drug-likeness (QED) is 0.519. The fraction of sp³-hybridized carbons (Fsp3) is 0.318. The maximum Gasteiger partial charge on any atom is 0.416 e. The molecule has 32 heavy (non-hydrogen) atoms. The fourth-order valence-corrected chi connectivity index (χ4v) is 2.94. The van der Waals surface area contributed by atoms with Gasteiger partial charge in [-0.2, -0.15) is 13.2 Å². The monoisotopic (exact) mass is 450 g/mol. The van der Waals surface area contributed by atoms with Gasteiger partial charge < -0.3 is 19.0 Å². The molecule has 1 aromatic carbocycles. The Hall–Kier alpha value is -3.40. The van der Waals surface area contributed by atoms with Crippen LogP contribution in [0.2, 0.25) is 0 Å². The highest BCUT2D eigenvalue weighted by Crippen LogP contribution is 2.31. The van der Waals surface area contributed by atoms with E-state index in [0.717, 1.165) is 12.1 Å². The van der Waals surface area contributed by atoms with E-state index in [0.29, 0.717) is 34.9 Å². The number of aromatic nitrogens is 2. The first-order valence-electron chi connectivity index (χ1n) is 9.64. The standard InChI is InChI=1S/C22H21F3N2O5/c1-13-17(27-20(32-13)15-4-6-16(7-5-15)22(23,24)25)9-10-31-19-8-3-14(12-26-19)11-18(30-2)21(28)29/h3-8,12,18H,9-11H2,1-2H3,(H,28,29). The van der Waals surface area contributed by atoms with Crippen LogP contribution in [0.1, 0.15) is 22.6 Å². The molecule has 3 aromatic rings. The highest BCUT2D eigenvalue weighted by Gasteiger charge is 2.30. The molecular weight excluding hydrogens is 429 g/mol. The Morgan fingerprint density at radius 1 is 1.19 bits per heavy atom. The van der Waals surface area contributed by atoms with Crippen molar-refractivity contribution in [3.8, 4) is 17.3 Å².